The number of hydrogen-bond acceptors (Lipinski definition) is 3. The van der Waals surface area contributed by atoms with Crippen molar-refractivity contribution in [2.45, 2.75) is 57.6 Å². The van der Waals surface area contributed by atoms with Gasteiger partial charge in [0.2, 0.25) is 0 Å². The Morgan fingerprint density at radius 2 is 2.00 bits per heavy atom. The molecule has 1 fully saturated rings. The number of carbonyl (C=O) groups excluding carboxylic acids is 1. The van der Waals surface area contributed by atoms with Crippen molar-refractivity contribution in [1.29, 1.82) is 0 Å². The number of ketones is 1. The van der Waals surface area contributed by atoms with Crippen molar-refractivity contribution in [2.24, 2.45) is 0 Å². The van der Waals surface area contributed by atoms with Crippen LogP contribution in [0.1, 0.15) is 46.0 Å². The fraction of sp³-hybridized carbons (Fsp3) is 0.917. The molecule has 0 radical (unpaired) electrons. The molecule has 1 rings (SSSR count). The standard InChI is InChI=1S/C12H23NO2/c1-4-11(14)10(2)13(3)9-12(15)7-5-6-8-12/h10,15H,4-9H2,1-3H3. The third-order valence-electron chi connectivity index (χ3n) is 3.55. The fourth-order valence-corrected chi connectivity index (χ4v) is 2.33. The first-order chi connectivity index (χ1) is 6.98. The summed E-state index contributed by atoms with van der Waals surface area (Å²) in [5.74, 6) is 0.249. The summed E-state index contributed by atoms with van der Waals surface area (Å²) < 4.78 is 0. The molecule has 0 aromatic rings. The van der Waals surface area contributed by atoms with E-state index >= 15 is 0 Å². The maximum absolute atomic E-state index is 11.5. The molecule has 0 aliphatic heterocycles. The molecule has 0 spiro atoms. The van der Waals surface area contributed by atoms with Gasteiger partial charge in [-0.05, 0) is 26.8 Å². The number of likely N-dealkylation sites (N-methyl/N-ethyl adjacent to an activating group) is 1. The molecule has 0 bridgehead atoms. The van der Waals surface area contributed by atoms with Gasteiger partial charge in [0.25, 0.3) is 0 Å². The number of hydrogen-bond donors (Lipinski definition) is 1. The number of carbonyl (C=O) groups is 1. The van der Waals surface area contributed by atoms with Gasteiger partial charge in [-0.15, -0.1) is 0 Å². The van der Waals surface area contributed by atoms with E-state index in [1.165, 1.54) is 0 Å². The second-order valence-corrected chi connectivity index (χ2v) is 4.84. The fourth-order valence-electron chi connectivity index (χ4n) is 2.33. The summed E-state index contributed by atoms with van der Waals surface area (Å²) in [6.45, 7) is 4.43. The largest absolute Gasteiger partial charge is 0.389 e. The molecule has 0 heterocycles. The van der Waals surface area contributed by atoms with Crippen molar-refractivity contribution in [3.05, 3.63) is 0 Å². The van der Waals surface area contributed by atoms with E-state index in [2.05, 4.69) is 0 Å². The predicted molar refractivity (Wildman–Crippen MR) is 60.8 cm³/mol. The van der Waals surface area contributed by atoms with Gasteiger partial charge in [0.15, 0.2) is 0 Å². The van der Waals surface area contributed by atoms with Crippen molar-refractivity contribution in [2.75, 3.05) is 13.6 Å². The van der Waals surface area contributed by atoms with Gasteiger partial charge in [0.05, 0.1) is 11.6 Å². The molecule has 0 aromatic carbocycles. The molecule has 3 nitrogen and oxygen atoms in total. The van der Waals surface area contributed by atoms with Crippen molar-refractivity contribution in [3.63, 3.8) is 0 Å². The SMILES string of the molecule is CCC(=O)C(C)N(C)CC1(O)CCCC1. The van der Waals surface area contributed by atoms with Crippen LogP contribution in [-0.4, -0.2) is 41.0 Å². The van der Waals surface area contributed by atoms with Crippen LogP contribution in [0.4, 0.5) is 0 Å². The van der Waals surface area contributed by atoms with Crippen LogP contribution in [0.3, 0.4) is 0 Å². The average molecular weight is 213 g/mol. The van der Waals surface area contributed by atoms with Crippen LogP contribution in [0.2, 0.25) is 0 Å². The van der Waals surface area contributed by atoms with Gasteiger partial charge in [-0.25, -0.2) is 0 Å². The van der Waals surface area contributed by atoms with Gasteiger partial charge >= 0.3 is 0 Å². The van der Waals surface area contributed by atoms with Crippen molar-refractivity contribution < 1.29 is 9.90 Å². The highest BCUT2D eigenvalue weighted by atomic mass is 16.3. The quantitative estimate of drug-likeness (QED) is 0.754. The molecule has 1 saturated carbocycles. The van der Waals surface area contributed by atoms with Crippen LogP contribution < -0.4 is 0 Å². The predicted octanol–water partition coefficient (Wildman–Crippen LogP) is 1.59. The minimum atomic E-state index is -0.545. The molecule has 0 aromatic heterocycles. The maximum atomic E-state index is 11.5. The summed E-state index contributed by atoms with van der Waals surface area (Å²) in [7, 11) is 1.93. The Morgan fingerprint density at radius 1 is 1.47 bits per heavy atom. The van der Waals surface area contributed by atoms with Gasteiger partial charge in [-0.2, -0.15) is 0 Å². The minimum absolute atomic E-state index is 0.0698. The molecule has 1 unspecified atom stereocenters. The Kier molecular flexibility index (Phi) is 4.29. The smallest absolute Gasteiger partial charge is 0.149 e. The van der Waals surface area contributed by atoms with Gasteiger partial charge in [0.1, 0.15) is 5.78 Å². The van der Waals surface area contributed by atoms with Gasteiger partial charge < -0.3 is 5.11 Å². The lowest BCUT2D eigenvalue weighted by Crippen LogP contribution is -2.45. The number of rotatable bonds is 5. The van der Waals surface area contributed by atoms with Gasteiger partial charge in [-0.3, -0.25) is 9.69 Å². The highest BCUT2D eigenvalue weighted by Crippen LogP contribution is 2.30. The number of nitrogens with zero attached hydrogens (tertiary/aromatic N) is 1. The molecule has 1 N–H and O–H groups in total. The number of Topliss-reactive ketones (excluding diaryl/α,β-unsaturated/α-hetero) is 1. The van der Waals surface area contributed by atoms with Crippen LogP contribution in [0.25, 0.3) is 0 Å². The summed E-state index contributed by atoms with van der Waals surface area (Å²) in [5, 5.41) is 10.2. The maximum Gasteiger partial charge on any atom is 0.149 e. The normalized spacial score (nSPS) is 21.9. The summed E-state index contributed by atoms with van der Waals surface area (Å²) in [6, 6.07) is -0.0698. The number of aliphatic hydroxyl groups is 1. The minimum Gasteiger partial charge on any atom is -0.389 e. The van der Waals surface area contributed by atoms with Crippen molar-refractivity contribution in [3.8, 4) is 0 Å². The first kappa shape index (κ1) is 12.7. The Bertz CT molecular complexity index is 222. The topological polar surface area (TPSA) is 40.5 Å². The van der Waals surface area contributed by atoms with Gasteiger partial charge in [-0.1, -0.05) is 19.8 Å². The lowest BCUT2D eigenvalue weighted by molar-refractivity contribution is -0.124. The zero-order chi connectivity index (χ0) is 11.5. The lowest BCUT2D eigenvalue weighted by atomic mass is 10.0. The Hall–Kier alpha value is -0.410. The van der Waals surface area contributed by atoms with Crippen molar-refractivity contribution >= 4 is 5.78 Å². The van der Waals surface area contributed by atoms with Crippen LogP contribution in [0, 0.1) is 0 Å². The third-order valence-corrected chi connectivity index (χ3v) is 3.55. The molecular formula is C12H23NO2. The highest BCUT2D eigenvalue weighted by Gasteiger charge is 2.33. The molecule has 0 amide bonds. The molecule has 1 aliphatic carbocycles. The molecule has 1 atom stereocenters. The lowest BCUT2D eigenvalue weighted by Gasteiger charge is -2.31. The summed E-state index contributed by atoms with van der Waals surface area (Å²) in [4.78, 5) is 13.5. The molecule has 3 heteroatoms. The zero-order valence-corrected chi connectivity index (χ0v) is 10.1. The Balaban J connectivity index is 2.47. The van der Waals surface area contributed by atoms with Crippen LogP contribution >= 0.6 is 0 Å². The molecule has 1 aliphatic rings. The van der Waals surface area contributed by atoms with E-state index in [0.29, 0.717) is 13.0 Å². The first-order valence-electron chi connectivity index (χ1n) is 5.94. The first-order valence-corrected chi connectivity index (χ1v) is 5.94. The molecule has 88 valence electrons. The van der Waals surface area contributed by atoms with Crippen LogP contribution in [0.15, 0.2) is 0 Å². The van der Waals surface area contributed by atoms with E-state index in [1.54, 1.807) is 0 Å². The highest BCUT2D eigenvalue weighted by molar-refractivity contribution is 5.83. The van der Waals surface area contributed by atoms with E-state index in [9.17, 15) is 9.90 Å². The third kappa shape index (κ3) is 3.28. The Morgan fingerprint density at radius 3 is 2.47 bits per heavy atom. The van der Waals surface area contributed by atoms with Crippen LogP contribution in [0.5, 0.6) is 0 Å². The molecular weight excluding hydrogens is 190 g/mol. The van der Waals surface area contributed by atoms with E-state index in [4.69, 9.17) is 0 Å². The van der Waals surface area contributed by atoms with E-state index in [1.807, 2.05) is 25.8 Å². The molecule has 15 heavy (non-hydrogen) atoms. The van der Waals surface area contributed by atoms with Gasteiger partial charge in [0, 0.05) is 13.0 Å². The van der Waals surface area contributed by atoms with E-state index < -0.39 is 5.60 Å². The second kappa shape index (κ2) is 5.08. The van der Waals surface area contributed by atoms with E-state index in [0.717, 1.165) is 25.7 Å². The summed E-state index contributed by atoms with van der Waals surface area (Å²) in [6.07, 6.45) is 4.56. The van der Waals surface area contributed by atoms with Crippen LogP contribution in [-0.2, 0) is 4.79 Å². The molecule has 0 saturated heterocycles. The zero-order valence-electron chi connectivity index (χ0n) is 10.1. The second-order valence-electron chi connectivity index (χ2n) is 4.84. The van der Waals surface area contributed by atoms with E-state index in [-0.39, 0.29) is 11.8 Å². The Labute approximate surface area is 92.5 Å². The summed E-state index contributed by atoms with van der Waals surface area (Å²) in [5.41, 5.74) is -0.545. The van der Waals surface area contributed by atoms with Crippen molar-refractivity contribution in [1.82, 2.24) is 4.90 Å². The monoisotopic (exact) mass is 213 g/mol. The average Bonchev–Trinajstić information content (AvgIpc) is 2.62. The summed E-state index contributed by atoms with van der Waals surface area (Å²) >= 11 is 0.